The van der Waals surface area contributed by atoms with E-state index in [4.69, 9.17) is 9.15 Å². The van der Waals surface area contributed by atoms with Crippen LogP contribution >= 0.6 is 0 Å². The van der Waals surface area contributed by atoms with E-state index in [9.17, 15) is 9.59 Å². The number of isocyanates is 1. The number of likely N-dealkylation sites (tertiary alicyclic amines) is 1. The van der Waals surface area contributed by atoms with Gasteiger partial charge in [0.2, 0.25) is 6.08 Å². The number of carbonyl (C=O) groups is 1. The molecule has 1 fully saturated rings. The number of rotatable bonds is 4. The van der Waals surface area contributed by atoms with Gasteiger partial charge in [-0.2, -0.15) is 0 Å². The summed E-state index contributed by atoms with van der Waals surface area (Å²) in [6.45, 7) is 0.206. The molecular weight excluding hydrogens is 344 g/mol. The summed E-state index contributed by atoms with van der Waals surface area (Å²) < 4.78 is 11.2. The van der Waals surface area contributed by atoms with Crippen LogP contribution in [0.2, 0.25) is 0 Å². The number of benzene rings is 1. The largest absolute Gasteiger partial charge is 0.467 e. The first-order chi connectivity index (χ1) is 13.3. The first-order valence-corrected chi connectivity index (χ1v) is 9.04. The van der Waals surface area contributed by atoms with E-state index < -0.39 is 6.09 Å². The van der Waals surface area contributed by atoms with Gasteiger partial charge < -0.3 is 9.15 Å². The molecule has 4 atom stereocenters. The predicted octanol–water partition coefficient (Wildman–Crippen LogP) is 4.01. The van der Waals surface area contributed by atoms with Crippen LogP contribution in [0, 0.1) is 5.92 Å². The lowest BCUT2D eigenvalue weighted by Gasteiger charge is -2.31. The van der Waals surface area contributed by atoms with Crippen LogP contribution < -0.4 is 0 Å². The Balaban J connectivity index is 1.58. The van der Waals surface area contributed by atoms with E-state index >= 15 is 0 Å². The standard InChI is InChI=1S/C21H20N2O4/c24-14-22-17-8-4-9-18-16(17)12-19(20-10-5-11-26-20)23(18)21(25)27-13-15-6-2-1-3-7-15/h1-7,9-11,16-19H,8,12-13H2/t16-,17+,18+,19+/m1/s1. The zero-order chi connectivity index (χ0) is 18.6. The van der Waals surface area contributed by atoms with Crippen molar-refractivity contribution in [3.8, 4) is 0 Å². The number of aliphatic imine (C=N–C) groups is 1. The summed E-state index contributed by atoms with van der Waals surface area (Å²) >= 11 is 0. The van der Waals surface area contributed by atoms with Crippen molar-refractivity contribution in [3.05, 3.63) is 72.2 Å². The maximum absolute atomic E-state index is 13.0. The van der Waals surface area contributed by atoms with Gasteiger partial charge in [0.05, 0.1) is 24.4 Å². The SMILES string of the molecule is O=C=N[C@H]1CC=C[C@H]2[C@@H]1C[C@@H](c1ccco1)N2C(=O)OCc1ccccc1. The van der Waals surface area contributed by atoms with Gasteiger partial charge in [0, 0.05) is 5.92 Å². The van der Waals surface area contributed by atoms with Gasteiger partial charge in [-0.15, -0.1) is 0 Å². The fourth-order valence-electron chi connectivity index (χ4n) is 4.07. The maximum atomic E-state index is 13.0. The lowest BCUT2D eigenvalue weighted by molar-refractivity contribution is 0.0776. The lowest BCUT2D eigenvalue weighted by atomic mass is 9.85. The Morgan fingerprint density at radius 1 is 1.26 bits per heavy atom. The predicted molar refractivity (Wildman–Crippen MR) is 97.5 cm³/mol. The molecule has 0 saturated carbocycles. The molecule has 2 aliphatic rings. The fourth-order valence-corrected chi connectivity index (χ4v) is 4.07. The zero-order valence-electron chi connectivity index (χ0n) is 14.7. The topological polar surface area (TPSA) is 72.1 Å². The number of ether oxygens (including phenoxy) is 1. The van der Waals surface area contributed by atoms with Gasteiger partial charge in [-0.1, -0.05) is 42.5 Å². The van der Waals surface area contributed by atoms with E-state index in [1.165, 1.54) is 0 Å². The number of carbonyl (C=O) groups excluding carboxylic acids is 2. The molecule has 6 heteroatoms. The minimum Gasteiger partial charge on any atom is -0.467 e. The highest BCUT2D eigenvalue weighted by Gasteiger charge is 2.49. The van der Waals surface area contributed by atoms with E-state index in [-0.39, 0.29) is 30.7 Å². The van der Waals surface area contributed by atoms with Gasteiger partial charge in [0.1, 0.15) is 12.4 Å². The summed E-state index contributed by atoms with van der Waals surface area (Å²) in [5.74, 6) is 0.749. The third-order valence-electron chi connectivity index (χ3n) is 5.30. The third-order valence-corrected chi connectivity index (χ3v) is 5.30. The van der Waals surface area contributed by atoms with Crippen molar-refractivity contribution in [3.63, 3.8) is 0 Å². The summed E-state index contributed by atoms with van der Waals surface area (Å²) in [4.78, 5) is 29.5. The second-order valence-corrected chi connectivity index (χ2v) is 6.82. The first-order valence-electron chi connectivity index (χ1n) is 9.04. The number of hydrogen-bond donors (Lipinski definition) is 0. The smallest absolute Gasteiger partial charge is 0.411 e. The molecular formula is C21H20N2O4. The van der Waals surface area contributed by atoms with Crippen molar-refractivity contribution < 1.29 is 18.7 Å². The molecule has 1 aliphatic heterocycles. The van der Waals surface area contributed by atoms with E-state index in [1.807, 2.05) is 54.6 Å². The van der Waals surface area contributed by atoms with Gasteiger partial charge in [-0.3, -0.25) is 4.90 Å². The third kappa shape index (κ3) is 3.44. The highest BCUT2D eigenvalue weighted by molar-refractivity contribution is 5.70. The Labute approximate surface area is 157 Å². The molecule has 27 heavy (non-hydrogen) atoms. The molecule has 2 heterocycles. The second kappa shape index (κ2) is 7.64. The van der Waals surface area contributed by atoms with Gasteiger partial charge in [0.15, 0.2) is 0 Å². The Kier molecular flexibility index (Phi) is 4.90. The van der Waals surface area contributed by atoms with Crippen LogP contribution in [-0.2, 0) is 16.1 Å². The Morgan fingerprint density at radius 2 is 2.11 bits per heavy atom. The average molecular weight is 364 g/mol. The Hall–Kier alpha value is -3.11. The van der Waals surface area contributed by atoms with Crippen LogP contribution in [0.5, 0.6) is 0 Å². The highest BCUT2D eigenvalue weighted by atomic mass is 16.6. The van der Waals surface area contributed by atoms with Crippen LogP contribution in [0.4, 0.5) is 4.79 Å². The van der Waals surface area contributed by atoms with Gasteiger partial charge in [-0.05, 0) is 30.5 Å². The zero-order valence-corrected chi connectivity index (χ0v) is 14.7. The fraction of sp³-hybridized carbons (Fsp3) is 0.333. The molecule has 1 aromatic heterocycles. The quantitative estimate of drug-likeness (QED) is 0.467. The van der Waals surface area contributed by atoms with Crippen molar-refractivity contribution in [2.75, 3.05) is 0 Å². The summed E-state index contributed by atoms with van der Waals surface area (Å²) in [7, 11) is 0. The van der Waals surface area contributed by atoms with Crippen molar-refractivity contribution in [2.24, 2.45) is 10.9 Å². The van der Waals surface area contributed by atoms with Crippen LogP contribution in [-0.4, -0.2) is 29.2 Å². The summed E-state index contributed by atoms with van der Waals surface area (Å²) in [6, 6.07) is 12.6. The van der Waals surface area contributed by atoms with Crippen LogP contribution in [0.1, 0.15) is 30.2 Å². The Morgan fingerprint density at radius 3 is 2.85 bits per heavy atom. The second-order valence-electron chi connectivity index (χ2n) is 6.82. The molecule has 6 nitrogen and oxygen atoms in total. The molecule has 0 unspecified atom stereocenters. The number of hydrogen-bond acceptors (Lipinski definition) is 5. The molecule has 1 aliphatic carbocycles. The Bertz CT molecular complexity index is 856. The minimum atomic E-state index is -0.395. The normalized spacial score (nSPS) is 26.3. The molecule has 2 aromatic rings. The summed E-state index contributed by atoms with van der Waals surface area (Å²) in [5.41, 5.74) is 0.929. The lowest BCUT2D eigenvalue weighted by Crippen LogP contribution is -2.41. The van der Waals surface area contributed by atoms with Gasteiger partial charge in [0.25, 0.3) is 0 Å². The number of furan rings is 1. The summed E-state index contributed by atoms with van der Waals surface area (Å²) in [5, 5.41) is 0. The molecule has 4 rings (SSSR count). The van der Waals surface area contributed by atoms with E-state index in [2.05, 4.69) is 4.99 Å². The molecule has 1 saturated heterocycles. The van der Waals surface area contributed by atoms with E-state index in [1.54, 1.807) is 17.2 Å². The molecule has 1 amide bonds. The monoisotopic (exact) mass is 364 g/mol. The minimum absolute atomic E-state index is 0.0378. The van der Waals surface area contributed by atoms with Crippen molar-refractivity contribution in [2.45, 2.75) is 37.6 Å². The molecule has 138 valence electrons. The molecule has 0 N–H and O–H groups in total. The first kappa shape index (κ1) is 17.3. The van der Waals surface area contributed by atoms with E-state index in [0.29, 0.717) is 18.6 Å². The van der Waals surface area contributed by atoms with Crippen LogP contribution in [0.25, 0.3) is 0 Å². The number of amides is 1. The van der Waals surface area contributed by atoms with Crippen LogP contribution in [0.3, 0.4) is 0 Å². The molecule has 0 bridgehead atoms. The van der Waals surface area contributed by atoms with Crippen molar-refractivity contribution >= 4 is 12.2 Å². The van der Waals surface area contributed by atoms with Gasteiger partial charge >= 0.3 is 6.09 Å². The molecule has 0 spiro atoms. The number of fused-ring (bicyclic) bond motifs is 1. The van der Waals surface area contributed by atoms with Crippen LogP contribution in [0.15, 0.2) is 70.3 Å². The van der Waals surface area contributed by atoms with Crippen molar-refractivity contribution in [1.29, 1.82) is 0 Å². The highest BCUT2D eigenvalue weighted by Crippen LogP contribution is 2.45. The summed E-state index contributed by atoms with van der Waals surface area (Å²) in [6.07, 6.45) is 8.19. The van der Waals surface area contributed by atoms with E-state index in [0.717, 1.165) is 5.56 Å². The molecule has 0 radical (unpaired) electrons. The number of nitrogens with zero attached hydrogens (tertiary/aromatic N) is 2. The molecule has 1 aromatic carbocycles. The van der Waals surface area contributed by atoms with Gasteiger partial charge in [-0.25, -0.2) is 14.6 Å². The average Bonchev–Trinajstić information content (AvgIpc) is 3.35. The van der Waals surface area contributed by atoms with Crippen molar-refractivity contribution in [1.82, 2.24) is 4.90 Å². The maximum Gasteiger partial charge on any atom is 0.411 e.